The number of aromatic nitrogens is 2. The normalized spacial score (nSPS) is 16.6. The maximum absolute atomic E-state index is 15.5. The van der Waals surface area contributed by atoms with Crippen molar-refractivity contribution in [3.8, 4) is 22.5 Å². The van der Waals surface area contributed by atoms with Crippen LogP contribution in [0.3, 0.4) is 0 Å². The molecule has 20 nitrogen and oxygen atoms in total. The van der Waals surface area contributed by atoms with Gasteiger partial charge in [0.1, 0.15) is 30.7 Å². The van der Waals surface area contributed by atoms with Gasteiger partial charge in [0.25, 0.3) is 5.56 Å². The molecule has 0 fully saturated rings. The second kappa shape index (κ2) is 27.5. The smallest absolute Gasteiger partial charge is 0.407 e. The molecule has 0 unspecified atom stereocenters. The van der Waals surface area contributed by atoms with E-state index >= 15 is 4.39 Å². The number of esters is 2. The number of Topliss-reactive ketones (excluding diaryl/α,β-unsaturated/α-hetero) is 3. The summed E-state index contributed by atoms with van der Waals surface area (Å²) in [4.78, 5) is 139. The van der Waals surface area contributed by atoms with E-state index in [9.17, 15) is 53.1 Å². The first-order valence-electron chi connectivity index (χ1n) is 31.1. The number of benzene rings is 4. The third kappa shape index (κ3) is 14.4. The molecule has 476 valence electrons. The highest BCUT2D eigenvalue weighted by atomic mass is 19.1. The molecule has 0 saturated heterocycles. The monoisotopic (exact) mass is 1240 g/mol. The fourth-order valence-corrected chi connectivity index (χ4v) is 12.9. The number of pyridine rings is 2. The third-order valence-corrected chi connectivity index (χ3v) is 17.6. The van der Waals surface area contributed by atoms with Crippen LogP contribution in [0.5, 0.6) is 0 Å². The molecule has 2 aromatic heterocycles. The summed E-state index contributed by atoms with van der Waals surface area (Å²) in [5.74, 6) is -6.02. The first kappa shape index (κ1) is 64.7. The van der Waals surface area contributed by atoms with Gasteiger partial charge in [-0.3, -0.25) is 38.4 Å². The number of hydrogen-bond donors (Lipinski definition) is 5. The molecular weight excluding hydrogens is 1170 g/mol. The molecule has 4 aliphatic rings. The molecule has 6 aromatic rings. The van der Waals surface area contributed by atoms with E-state index in [1.807, 2.05) is 54.6 Å². The molecule has 4 aromatic carbocycles. The summed E-state index contributed by atoms with van der Waals surface area (Å²) in [5.41, 5.74) is 5.54. The number of nitrogens with zero attached hydrogens (tertiary/aromatic N) is 2. The van der Waals surface area contributed by atoms with Gasteiger partial charge in [0.2, 0.25) is 17.7 Å². The maximum atomic E-state index is 15.5. The molecule has 2 aliphatic heterocycles. The van der Waals surface area contributed by atoms with Gasteiger partial charge in [-0.2, -0.15) is 0 Å². The number of ketones is 3. The molecule has 21 heteroatoms. The number of fused-ring (bicyclic) bond motifs is 8. The van der Waals surface area contributed by atoms with Gasteiger partial charge in [0.15, 0.2) is 23.0 Å². The summed E-state index contributed by atoms with van der Waals surface area (Å²) in [6.07, 6.45) is 0.150. The number of alkyl carbamates (subject to hydrolysis) is 1. The predicted octanol–water partition coefficient (Wildman–Crippen LogP) is 8.19. The highest BCUT2D eigenvalue weighted by Crippen LogP contribution is 2.47. The van der Waals surface area contributed by atoms with Gasteiger partial charge in [-0.15, -0.1) is 0 Å². The van der Waals surface area contributed by atoms with Crippen LogP contribution in [0.4, 0.5) is 9.18 Å². The van der Waals surface area contributed by atoms with E-state index in [1.54, 1.807) is 65.0 Å². The molecule has 4 amide bonds. The van der Waals surface area contributed by atoms with Crippen LogP contribution in [-0.4, -0.2) is 99.1 Å². The summed E-state index contributed by atoms with van der Waals surface area (Å²) in [5, 5.41) is 23.0. The van der Waals surface area contributed by atoms with E-state index < -0.39 is 101 Å². The number of carbonyl (C=O) groups excluding carboxylic acids is 9. The number of rotatable bonds is 26. The molecular formula is C70H75FN6O14. The van der Waals surface area contributed by atoms with E-state index in [4.69, 9.17) is 19.2 Å². The van der Waals surface area contributed by atoms with E-state index in [2.05, 4.69) is 21.3 Å². The number of nitrogens with one attached hydrogen (secondary N) is 4. The second-order valence-electron chi connectivity index (χ2n) is 25.0. The number of amides is 4. The number of hydrogen-bond acceptors (Lipinski definition) is 15. The SMILES string of the molecule is CC[C@@]1(O)C(=O)OCc2c1cc1n(c2=O)Cc2c-1nc1cc(F)c(C)c3c1c2[C@@H](NC(=O)CCCCCC(=O)CNC(=O)[C@@H](CC(=O)CNC(=O)CCC(=O)[C@H](CC(=O)OC(C)(C)C)NC(=O)OCC1c2ccccc2-c2ccccc21)Cc1ccccc1)CC3. The van der Waals surface area contributed by atoms with Crippen molar-refractivity contribution in [3.63, 3.8) is 0 Å². The Hall–Kier alpha value is -9.24. The third-order valence-electron chi connectivity index (χ3n) is 17.6. The van der Waals surface area contributed by atoms with E-state index in [1.165, 1.54) is 10.6 Å². The van der Waals surface area contributed by atoms with Crippen molar-refractivity contribution in [1.29, 1.82) is 0 Å². The molecule has 4 atom stereocenters. The molecule has 0 bridgehead atoms. The van der Waals surface area contributed by atoms with Crippen LogP contribution >= 0.6 is 0 Å². The fraction of sp³-hybridized carbons (Fsp3) is 0.414. The minimum absolute atomic E-state index is 0.0333. The fourth-order valence-electron chi connectivity index (χ4n) is 12.9. The summed E-state index contributed by atoms with van der Waals surface area (Å²) < 4.78 is 33.3. The minimum Gasteiger partial charge on any atom is -0.460 e. The molecule has 0 radical (unpaired) electrons. The lowest BCUT2D eigenvalue weighted by Gasteiger charge is -2.31. The summed E-state index contributed by atoms with van der Waals surface area (Å²) >= 11 is 0. The highest BCUT2D eigenvalue weighted by Gasteiger charge is 2.46. The van der Waals surface area contributed by atoms with Crippen LogP contribution in [0.1, 0.15) is 160 Å². The Bertz CT molecular complexity index is 3920. The molecule has 0 spiro atoms. The quantitative estimate of drug-likeness (QED) is 0.0194. The highest BCUT2D eigenvalue weighted by molar-refractivity contribution is 5.96. The topological polar surface area (TPSA) is 285 Å². The number of aliphatic hydroxyl groups is 1. The van der Waals surface area contributed by atoms with Gasteiger partial charge in [-0.25, -0.2) is 19.0 Å². The number of unbranched alkanes of at least 4 members (excludes halogenated alkanes) is 2. The van der Waals surface area contributed by atoms with Crippen LogP contribution in [0.2, 0.25) is 0 Å². The average Bonchev–Trinajstić information content (AvgIpc) is 1.64. The Morgan fingerprint density at radius 2 is 1.48 bits per heavy atom. The lowest BCUT2D eigenvalue weighted by Crippen LogP contribution is -2.44. The summed E-state index contributed by atoms with van der Waals surface area (Å²) in [6, 6.07) is 25.7. The second-order valence-corrected chi connectivity index (χ2v) is 25.0. The zero-order valence-corrected chi connectivity index (χ0v) is 51.7. The van der Waals surface area contributed by atoms with Crippen LogP contribution in [0.15, 0.2) is 95.8 Å². The van der Waals surface area contributed by atoms with Gasteiger partial charge < -0.3 is 45.2 Å². The largest absolute Gasteiger partial charge is 0.460 e. The summed E-state index contributed by atoms with van der Waals surface area (Å²) in [7, 11) is 0. The van der Waals surface area contributed by atoms with Crippen molar-refractivity contribution in [1.82, 2.24) is 30.8 Å². The van der Waals surface area contributed by atoms with Crippen LogP contribution < -0.4 is 26.8 Å². The van der Waals surface area contributed by atoms with Crippen molar-refractivity contribution in [2.75, 3.05) is 19.7 Å². The van der Waals surface area contributed by atoms with Crippen molar-refractivity contribution in [2.24, 2.45) is 5.92 Å². The van der Waals surface area contributed by atoms with Crippen molar-refractivity contribution < 1.29 is 66.9 Å². The average molecular weight is 1240 g/mol. The standard InChI is InChI=1S/C70H75FN6O14/c1-6-70(88)52-31-57-64-49(36-77(57)66(85)51(52)38-89-67(70)86)63-54(26-25-44-39(2)53(71)32-56(75-64)62(44)63)74-60(82)24-12-8-11-19-42(78)34-73-65(84)41(29-40-17-9-7-10-18-40)30-43(79)35-72-59(81)28-27-58(80)55(33-61(83)91-69(3,4)5)76-68(87)90-37-50-47-22-15-13-20-45(47)46-21-14-16-23-48(46)50/h7,9-10,13-18,20-23,31-32,41,50,54-55,88H,6,8,11-12,19,24-30,33-38H2,1-5H3,(H,72,81)(H,73,84)(H,74,82)(H,76,87)/t41-,54+,55+,70+/m1/s1. The molecule has 5 N–H and O–H groups in total. The van der Waals surface area contributed by atoms with Crippen molar-refractivity contribution in [3.05, 3.63) is 157 Å². The van der Waals surface area contributed by atoms with Crippen molar-refractivity contribution in [2.45, 2.75) is 160 Å². The van der Waals surface area contributed by atoms with Gasteiger partial charge in [0, 0.05) is 66.5 Å². The first-order valence-corrected chi connectivity index (χ1v) is 31.1. The minimum atomic E-state index is -2.04. The Balaban J connectivity index is 0.685. The predicted molar refractivity (Wildman–Crippen MR) is 332 cm³/mol. The van der Waals surface area contributed by atoms with Gasteiger partial charge in [-0.05, 0) is 117 Å². The summed E-state index contributed by atoms with van der Waals surface area (Å²) in [6.45, 7) is 7.31. The Morgan fingerprint density at radius 1 is 0.802 bits per heavy atom. The van der Waals surface area contributed by atoms with E-state index in [-0.39, 0.29) is 93.6 Å². The van der Waals surface area contributed by atoms with Gasteiger partial charge >= 0.3 is 18.0 Å². The number of aryl methyl sites for hydroxylation is 1. The molecule has 0 saturated carbocycles. The molecule has 2 aliphatic carbocycles. The number of halogens is 1. The molecule has 10 rings (SSSR count). The number of cyclic esters (lactones) is 1. The van der Waals surface area contributed by atoms with Gasteiger partial charge in [0.05, 0.1) is 54.6 Å². The van der Waals surface area contributed by atoms with E-state index in [0.717, 1.165) is 38.9 Å². The zero-order chi connectivity index (χ0) is 64.9. The Labute approximate surface area is 525 Å². The Morgan fingerprint density at radius 3 is 2.19 bits per heavy atom. The molecule has 4 heterocycles. The Kier molecular flexibility index (Phi) is 19.5. The lowest BCUT2D eigenvalue weighted by atomic mass is 9.81. The lowest BCUT2D eigenvalue weighted by molar-refractivity contribution is -0.172. The number of carbonyl (C=O) groups is 9. The van der Waals surface area contributed by atoms with Gasteiger partial charge in [-0.1, -0.05) is 92.2 Å². The van der Waals surface area contributed by atoms with Crippen LogP contribution in [-0.2, 0) is 84.2 Å². The van der Waals surface area contributed by atoms with E-state index in [0.29, 0.717) is 65.5 Å². The first-order chi connectivity index (χ1) is 43.5. The maximum Gasteiger partial charge on any atom is 0.407 e. The zero-order valence-electron chi connectivity index (χ0n) is 51.7. The van der Waals surface area contributed by atoms with Crippen LogP contribution in [0.25, 0.3) is 33.4 Å². The van der Waals surface area contributed by atoms with Crippen molar-refractivity contribution >= 4 is 64.0 Å². The number of ether oxygens (including phenoxy) is 3. The van der Waals surface area contributed by atoms with Crippen LogP contribution in [0, 0.1) is 18.7 Å². The molecule has 91 heavy (non-hydrogen) atoms.